The second-order valence-electron chi connectivity index (χ2n) is 2.55. The van der Waals surface area contributed by atoms with Gasteiger partial charge in [0.15, 0.2) is 0 Å². The predicted octanol–water partition coefficient (Wildman–Crippen LogP) is 2.10. The van der Waals surface area contributed by atoms with Gasteiger partial charge in [-0.1, -0.05) is 5.92 Å². The first kappa shape index (κ1) is 11.2. The molecule has 1 aromatic rings. The smallest absolute Gasteiger partial charge is 0.253 e. The van der Waals surface area contributed by atoms with Gasteiger partial charge in [0, 0.05) is 9.37 Å². The number of hydrogen-bond acceptors (Lipinski definition) is 2. The number of thiol groups is 1. The maximum atomic E-state index is 11.5. The van der Waals surface area contributed by atoms with E-state index in [0.29, 0.717) is 5.56 Å². The van der Waals surface area contributed by atoms with Crippen molar-refractivity contribution in [1.29, 1.82) is 0 Å². The Morgan fingerprint density at radius 2 is 2.36 bits per heavy atom. The molecule has 4 heteroatoms. The Morgan fingerprint density at radius 3 is 3.00 bits per heavy atom. The van der Waals surface area contributed by atoms with Gasteiger partial charge in [0.25, 0.3) is 5.91 Å². The zero-order valence-corrected chi connectivity index (χ0v) is 9.73. The first-order valence-corrected chi connectivity index (χ1v) is 5.09. The molecule has 1 amide bonds. The van der Waals surface area contributed by atoms with E-state index in [1.807, 2.05) is 0 Å². The van der Waals surface area contributed by atoms with Crippen molar-refractivity contribution in [2.75, 3.05) is 6.54 Å². The third kappa shape index (κ3) is 2.79. The molecular weight excluding hydrogens is 262 g/mol. The van der Waals surface area contributed by atoms with Crippen LogP contribution in [0.2, 0.25) is 0 Å². The monoisotopic (exact) mass is 269 g/mol. The Balaban J connectivity index is 2.90. The molecule has 0 radical (unpaired) electrons. The Labute approximate surface area is 96.6 Å². The van der Waals surface area contributed by atoms with Gasteiger partial charge in [-0.05, 0) is 34.1 Å². The van der Waals surface area contributed by atoms with E-state index < -0.39 is 0 Å². The minimum absolute atomic E-state index is 0.203. The quantitative estimate of drug-likeness (QED) is 0.625. The number of halogens is 1. The van der Waals surface area contributed by atoms with E-state index in [1.54, 1.807) is 18.2 Å². The minimum Gasteiger partial charge on any atom is -0.341 e. The van der Waals surface area contributed by atoms with Crippen molar-refractivity contribution in [3.63, 3.8) is 0 Å². The maximum absolute atomic E-state index is 11.5. The molecule has 0 aliphatic rings. The topological polar surface area (TPSA) is 29.1 Å². The molecule has 0 heterocycles. The van der Waals surface area contributed by atoms with Crippen LogP contribution in [0.15, 0.2) is 27.6 Å². The molecular formula is C10H8BrNOS. The molecule has 0 fully saturated rings. The lowest BCUT2D eigenvalue weighted by molar-refractivity contribution is 0.0957. The van der Waals surface area contributed by atoms with Crippen LogP contribution in [-0.4, -0.2) is 12.5 Å². The molecule has 0 saturated heterocycles. The van der Waals surface area contributed by atoms with Crippen molar-refractivity contribution in [3.05, 3.63) is 28.2 Å². The average Bonchev–Trinajstić information content (AvgIpc) is 2.18. The summed E-state index contributed by atoms with van der Waals surface area (Å²) in [6.45, 7) is 0.224. The van der Waals surface area contributed by atoms with Crippen LogP contribution in [-0.2, 0) is 0 Å². The van der Waals surface area contributed by atoms with Crippen LogP contribution >= 0.6 is 28.6 Å². The highest BCUT2D eigenvalue weighted by molar-refractivity contribution is 9.10. The van der Waals surface area contributed by atoms with E-state index in [-0.39, 0.29) is 12.5 Å². The second-order valence-corrected chi connectivity index (χ2v) is 3.92. The van der Waals surface area contributed by atoms with Crippen LogP contribution in [0.4, 0.5) is 0 Å². The van der Waals surface area contributed by atoms with Crippen LogP contribution in [0.1, 0.15) is 10.4 Å². The molecule has 0 atom stereocenters. The fourth-order valence-electron chi connectivity index (χ4n) is 0.914. The largest absolute Gasteiger partial charge is 0.341 e. The molecule has 0 aliphatic carbocycles. The first-order chi connectivity index (χ1) is 6.65. The summed E-state index contributed by atoms with van der Waals surface area (Å²) in [6.07, 6.45) is 5.03. The van der Waals surface area contributed by atoms with E-state index in [1.165, 1.54) is 0 Å². The van der Waals surface area contributed by atoms with Gasteiger partial charge in [0.2, 0.25) is 0 Å². The van der Waals surface area contributed by atoms with E-state index in [0.717, 1.165) is 9.37 Å². The van der Waals surface area contributed by atoms with E-state index in [4.69, 9.17) is 6.42 Å². The maximum Gasteiger partial charge on any atom is 0.253 e. The average molecular weight is 270 g/mol. The number of carbonyl (C=O) groups is 1. The van der Waals surface area contributed by atoms with Crippen LogP contribution in [0.5, 0.6) is 0 Å². The van der Waals surface area contributed by atoms with Gasteiger partial charge in [-0.2, -0.15) is 0 Å². The molecule has 0 aliphatic heterocycles. The fourth-order valence-corrected chi connectivity index (χ4v) is 1.54. The lowest BCUT2D eigenvalue weighted by Crippen LogP contribution is -2.23. The van der Waals surface area contributed by atoms with Crippen molar-refractivity contribution in [2.45, 2.75) is 4.90 Å². The summed E-state index contributed by atoms with van der Waals surface area (Å²) >= 11 is 7.42. The van der Waals surface area contributed by atoms with E-state index in [9.17, 15) is 4.79 Å². The summed E-state index contributed by atoms with van der Waals surface area (Å²) in [5.74, 6) is 2.13. The number of rotatable bonds is 2. The van der Waals surface area contributed by atoms with Crippen molar-refractivity contribution < 1.29 is 4.79 Å². The summed E-state index contributed by atoms with van der Waals surface area (Å²) in [5.41, 5.74) is 0.535. The molecule has 14 heavy (non-hydrogen) atoms. The molecule has 0 aromatic heterocycles. The summed E-state index contributed by atoms with van der Waals surface area (Å²) in [6, 6.07) is 5.25. The first-order valence-electron chi connectivity index (χ1n) is 3.85. The molecule has 1 rings (SSSR count). The summed E-state index contributed by atoms with van der Waals surface area (Å²) in [7, 11) is 0. The number of amides is 1. The fraction of sp³-hybridized carbons (Fsp3) is 0.100. The third-order valence-corrected chi connectivity index (χ3v) is 2.52. The Hall–Kier alpha value is -0.920. The summed E-state index contributed by atoms with van der Waals surface area (Å²) in [4.78, 5) is 12.2. The molecule has 0 spiro atoms. The number of carbonyl (C=O) groups excluding carboxylic acids is 1. The normalized spacial score (nSPS) is 9.21. The number of terminal acetylenes is 1. The third-order valence-electron chi connectivity index (χ3n) is 1.55. The minimum atomic E-state index is -0.203. The zero-order valence-electron chi connectivity index (χ0n) is 7.25. The van der Waals surface area contributed by atoms with Crippen LogP contribution in [0.3, 0.4) is 0 Å². The zero-order chi connectivity index (χ0) is 10.6. The number of hydrogen-bond donors (Lipinski definition) is 2. The number of nitrogens with one attached hydrogen (secondary N) is 1. The van der Waals surface area contributed by atoms with Crippen molar-refractivity contribution in [1.82, 2.24) is 5.32 Å². The van der Waals surface area contributed by atoms with Crippen LogP contribution in [0.25, 0.3) is 0 Å². The van der Waals surface area contributed by atoms with Gasteiger partial charge in [0.1, 0.15) is 0 Å². The van der Waals surface area contributed by atoms with Gasteiger partial charge in [-0.3, -0.25) is 4.79 Å². The van der Waals surface area contributed by atoms with E-state index in [2.05, 4.69) is 39.8 Å². The van der Waals surface area contributed by atoms with Gasteiger partial charge >= 0.3 is 0 Å². The summed E-state index contributed by atoms with van der Waals surface area (Å²) in [5, 5.41) is 2.58. The van der Waals surface area contributed by atoms with Crippen LogP contribution < -0.4 is 5.32 Å². The highest BCUT2D eigenvalue weighted by Crippen LogP contribution is 2.19. The van der Waals surface area contributed by atoms with E-state index >= 15 is 0 Å². The molecule has 0 bridgehead atoms. The molecule has 0 saturated carbocycles. The van der Waals surface area contributed by atoms with Crippen molar-refractivity contribution >= 4 is 34.5 Å². The molecule has 72 valence electrons. The van der Waals surface area contributed by atoms with Gasteiger partial charge < -0.3 is 5.32 Å². The van der Waals surface area contributed by atoms with Crippen molar-refractivity contribution in [2.24, 2.45) is 0 Å². The Bertz CT molecular complexity index is 398. The molecule has 1 aromatic carbocycles. The lowest BCUT2D eigenvalue weighted by Gasteiger charge is -2.04. The number of benzene rings is 1. The highest BCUT2D eigenvalue weighted by Gasteiger charge is 2.08. The Kier molecular flexibility index (Phi) is 4.05. The van der Waals surface area contributed by atoms with Gasteiger partial charge in [-0.15, -0.1) is 19.1 Å². The highest BCUT2D eigenvalue weighted by atomic mass is 79.9. The van der Waals surface area contributed by atoms with Gasteiger partial charge in [0.05, 0.1) is 12.1 Å². The molecule has 0 unspecified atom stereocenters. The predicted molar refractivity (Wildman–Crippen MR) is 62.6 cm³/mol. The van der Waals surface area contributed by atoms with Gasteiger partial charge in [-0.25, -0.2) is 0 Å². The lowest BCUT2D eigenvalue weighted by atomic mass is 10.2. The SMILES string of the molecule is C#CCNC(=O)c1cc(S)ccc1Br. The van der Waals surface area contributed by atoms with Crippen molar-refractivity contribution in [3.8, 4) is 12.3 Å². The molecule has 1 N–H and O–H groups in total. The Morgan fingerprint density at radius 1 is 1.64 bits per heavy atom. The summed E-state index contributed by atoms with van der Waals surface area (Å²) < 4.78 is 0.727. The standard InChI is InChI=1S/C10H8BrNOS/c1-2-5-12-10(13)8-6-7(14)3-4-9(8)11/h1,3-4,6,14H,5H2,(H,12,13). The van der Waals surface area contributed by atoms with Crippen LogP contribution in [0, 0.1) is 12.3 Å². The second kappa shape index (κ2) is 5.08. The molecule has 2 nitrogen and oxygen atoms in total.